The molecule has 2 aromatic carbocycles. The molecule has 28 heavy (non-hydrogen) atoms. The third-order valence-electron chi connectivity index (χ3n) is 4.00. The zero-order valence-electron chi connectivity index (χ0n) is 14.8. The smallest absolute Gasteiger partial charge is 0.269 e. The number of non-ortho nitro benzene ring substituents is 1. The Labute approximate surface area is 158 Å². The van der Waals surface area contributed by atoms with Gasteiger partial charge < -0.3 is 10.4 Å². The molecule has 0 saturated heterocycles. The highest BCUT2D eigenvalue weighted by Gasteiger charge is 2.18. The van der Waals surface area contributed by atoms with Crippen LogP contribution in [0.5, 0.6) is 0 Å². The third-order valence-corrected chi connectivity index (χ3v) is 4.00. The van der Waals surface area contributed by atoms with Crippen molar-refractivity contribution >= 4 is 11.5 Å². The van der Waals surface area contributed by atoms with Gasteiger partial charge in [-0.1, -0.05) is 6.07 Å². The molecule has 9 heteroatoms. The van der Waals surface area contributed by atoms with Gasteiger partial charge in [-0.25, -0.2) is 18.7 Å². The van der Waals surface area contributed by atoms with Gasteiger partial charge in [-0.05, 0) is 31.2 Å². The van der Waals surface area contributed by atoms with Crippen LogP contribution in [0.2, 0.25) is 0 Å². The molecule has 144 valence electrons. The second-order valence-electron chi connectivity index (χ2n) is 6.05. The fourth-order valence-corrected chi connectivity index (χ4v) is 2.65. The first kappa shape index (κ1) is 19.3. The molecule has 1 atom stereocenters. The predicted molar refractivity (Wildman–Crippen MR) is 98.7 cm³/mol. The first-order chi connectivity index (χ1) is 13.3. The number of aliphatic hydroxyl groups is 1. The summed E-state index contributed by atoms with van der Waals surface area (Å²) in [6.45, 7) is 1.56. The number of aromatic nitrogens is 2. The molecule has 3 aromatic rings. The van der Waals surface area contributed by atoms with Crippen molar-refractivity contribution in [1.29, 1.82) is 0 Å². The summed E-state index contributed by atoms with van der Waals surface area (Å²) in [6, 6.07) is 10.7. The van der Waals surface area contributed by atoms with Crippen molar-refractivity contribution in [2.24, 2.45) is 0 Å². The fourth-order valence-electron chi connectivity index (χ4n) is 2.65. The maximum atomic E-state index is 13.8. The van der Waals surface area contributed by atoms with Crippen LogP contribution in [0.1, 0.15) is 17.4 Å². The van der Waals surface area contributed by atoms with Crippen LogP contribution in [-0.2, 0) is 0 Å². The first-order valence-corrected chi connectivity index (χ1v) is 8.31. The molecule has 0 spiro atoms. The van der Waals surface area contributed by atoms with Crippen molar-refractivity contribution in [2.75, 3.05) is 11.9 Å². The average Bonchev–Trinajstić information content (AvgIpc) is 2.66. The topological polar surface area (TPSA) is 101 Å². The minimum Gasteiger partial charge on any atom is -0.386 e. The highest BCUT2D eigenvalue weighted by Crippen LogP contribution is 2.23. The lowest BCUT2D eigenvalue weighted by atomic mass is 10.1. The molecule has 0 amide bonds. The second-order valence-corrected chi connectivity index (χ2v) is 6.05. The van der Waals surface area contributed by atoms with E-state index in [0.717, 1.165) is 12.1 Å². The summed E-state index contributed by atoms with van der Waals surface area (Å²) in [6.07, 6.45) is -1.42. The van der Waals surface area contributed by atoms with E-state index in [1.807, 2.05) is 0 Å². The minimum atomic E-state index is -1.42. The van der Waals surface area contributed by atoms with Crippen molar-refractivity contribution < 1.29 is 18.8 Å². The van der Waals surface area contributed by atoms with Crippen LogP contribution in [0, 0.1) is 28.7 Å². The number of nitrogens with one attached hydrogen (secondary N) is 1. The number of halogens is 2. The lowest BCUT2D eigenvalue weighted by molar-refractivity contribution is -0.384. The number of benzene rings is 2. The number of aryl methyl sites for hydroxylation is 1. The number of hydrogen-bond donors (Lipinski definition) is 2. The normalized spacial score (nSPS) is 11.9. The van der Waals surface area contributed by atoms with E-state index in [-0.39, 0.29) is 12.2 Å². The van der Waals surface area contributed by atoms with E-state index in [9.17, 15) is 24.0 Å². The van der Waals surface area contributed by atoms with Crippen LogP contribution in [0.25, 0.3) is 11.4 Å². The highest BCUT2D eigenvalue weighted by molar-refractivity contribution is 5.59. The van der Waals surface area contributed by atoms with Crippen LogP contribution < -0.4 is 5.32 Å². The Bertz CT molecular complexity index is 992. The molecule has 1 unspecified atom stereocenters. The number of aliphatic hydroxyl groups excluding tert-OH is 1. The molecule has 0 radical (unpaired) electrons. The zero-order chi connectivity index (χ0) is 20.3. The zero-order valence-corrected chi connectivity index (χ0v) is 14.8. The predicted octanol–water partition coefficient (Wildman–Crippen LogP) is 3.78. The van der Waals surface area contributed by atoms with E-state index in [0.29, 0.717) is 22.9 Å². The van der Waals surface area contributed by atoms with Gasteiger partial charge in [0.2, 0.25) is 0 Å². The average molecular weight is 386 g/mol. The Hall–Kier alpha value is -3.46. The molecular formula is C19H16F2N4O3. The van der Waals surface area contributed by atoms with Gasteiger partial charge in [-0.3, -0.25) is 10.1 Å². The standard InChI is InChI=1S/C19H16F2N4O3/c1-11-9-17(22-10-16(26)18-14(20)3-2-4-15(18)21)24-19(23-11)12-5-7-13(8-6-12)25(27)28/h2-9,16,26H,10H2,1H3,(H,22,23,24). The summed E-state index contributed by atoms with van der Waals surface area (Å²) < 4.78 is 27.5. The molecular weight excluding hydrogens is 370 g/mol. The maximum absolute atomic E-state index is 13.8. The van der Waals surface area contributed by atoms with E-state index in [1.165, 1.54) is 30.3 Å². The minimum absolute atomic E-state index is 0.0511. The third kappa shape index (κ3) is 4.26. The number of nitro groups is 1. The summed E-state index contributed by atoms with van der Waals surface area (Å²) in [5.41, 5.74) is 0.705. The number of anilines is 1. The van der Waals surface area contributed by atoms with Crippen LogP contribution >= 0.6 is 0 Å². The second kappa shape index (κ2) is 8.05. The Balaban J connectivity index is 1.79. The number of hydrogen-bond acceptors (Lipinski definition) is 6. The van der Waals surface area contributed by atoms with Crippen LogP contribution in [0.3, 0.4) is 0 Å². The molecule has 0 bridgehead atoms. The Morgan fingerprint density at radius 3 is 2.39 bits per heavy atom. The van der Waals surface area contributed by atoms with Gasteiger partial charge in [0.15, 0.2) is 5.82 Å². The van der Waals surface area contributed by atoms with Crippen molar-refractivity contribution in [3.05, 3.63) is 81.5 Å². The number of rotatable bonds is 6. The summed E-state index contributed by atoms with van der Waals surface area (Å²) in [4.78, 5) is 18.8. The van der Waals surface area contributed by atoms with Gasteiger partial charge in [0.1, 0.15) is 23.6 Å². The molecule has 1 heterocycles. The van der Waals surface area contributed by atoms with E-state index in [1.54, 1.807) is 13.0 Å². The van der Waals surface area contributed by atoms with Crippen LogP contribution in [0.4, 0.5) is 20.3 Å². The van der Waals surface area contributed by atoms with Crippen LogP contribution in [0.15, 0.2) is 48.5 Å². The number of nitrogens with zero attached hydrogens (tertiary/aromatic N) is 3. The van der Waals surface area contributed by atoms with Gasteiger partial charge in [-0.2, -0.15) is 0 Å². The van der Waals surface area contributed by atoms with Crippen molar-refractivity contribution in [3.8, 4) is 11.4 Å². The number of nitro benzene ring substituents is 1. The maximum Gasteiger partial charge on any atom is 0.269 e. The fraction of sp³-hybridized carbons (Fsp3) is 0.158. The summed E-state index contributed by atoms with van der Waals surface area (Å²) >= 11 is 0. The molecule has 0 aliphatic carbocycles. The van der Waals surface area contributed by atoms with E-state index in [4.69, 9.17) is 0 Å². The SMILES string of the molecule is Cc1cc(NCC(O)c2c(F)cccc2F)nc(-c2ccc([N+](=O)[O-])cc2)n1. The molecule has 2 N–H and O–H groups in total. The molecule has 3 rings (SSSR count). The molecule has 0 aliphatic heterocycles. The highest BCUT2D eigenvalue weighted by atomic mass is 19.1. The summed E-state index contributed by atoms with van der Waals surface area (Å²) in [7, 11) is 0. The van der Waals surface area contributed by atoms with Crippen molar-refractivity contribution in [3.63, 3.8) is 0 Å². The lowest BCUT2D eigenvalue weighted by Crippen LogP contribution is -2.16. The van der Waals surface area contributed by atoms with Crippen molar-refractivity contribution in [1.82, 2.24) is 9.97 Å². The first-order valence-electron chi connectivity index (χ1n) is 8.31. The molecule has 7 nitrogen and oxygen atoms in total. The largest absolute Gasteiger partial charge is 0.386 e. The quantitative estimate of drug-likeness (QED) is 0.494. The van der Waals surface area contributed by atoms with Gasteiger partial charge in [0.25, 0.3) is 5.69 Å². The van der Waals surface area contributed by atoms with Crippen molar-refractivity contribution in [2.45, 2.75) is 13.0 Å². The molecule has 0 aliphatic rings. The summed E-state index contributed by atoms with van der Waals surface area (Å²) in [5, 5.41) is 23.7. The lowest BCUT2D eigenvalue weighted by Gasteiger charge is -2.15. The Morgan fingerprint density at radius 2 is 1.79 bits per heavy atom. The summed E-state index contributed by atoms with van der Waals surface area (Å²) in [5.74, 6) is -1.000. The van der Waals surface area contributed by atoms with E-state index in [2.05, 4.69) is 15.3 Å². The van der Waals surface area contributed by atoms with E-state index < -0.39 is 28.2 Å². The molecule has 1 aromatic heterocycles. The Kier molecular flexibility index (Phi) is 5.55. The van der Waals surface area contributed by atoms with E-state index >= 15 is 0 Å². The van der Waals surface area contributed by atoms with Gasteiger partial charge in [-0.15, -0.1) is 0 Å². The molecule has 0 fully saturated rings. The van der Waals surface area contributed by atoms with Gasteiger partial charge in [0.05, 0.1) is 10.5 Å². The monoisotopic (exact) mass is 386 g/mol. The van der Waals surface area contributed by atoms with Gasteiger partial charge in [0, 0.05) is 36.0 Å². The Morgan fingerprint density at radius 1 is 1.14 bits per heavy atom. The molecule has 0 saturated carbocycles. The van der Waals surface area contributed by atoms with Gasteiger partial charge >= 0.3 is 0 Å². The van der Waals surface area contributed by atoms with Crippen LogP contribution in [-0.4, -0.2) is 26.5 Å².